The van der Waals surface area contributed by atoms with Gasteiger partial charge in [0.1, 0.15) is 29.8 Å². The second-order valence-electron chi connectivity index (χ2n) is 5.09. The van der Waals surface area contributed by atoms with Crippen molar-refractivity contribution in [2.75, 3.05) is 0 Å². The Hall–Kier alpha value is -3.59. The van der Waals surface area contributed by atoms with Gasteiger partial charge in [0.25, 0.3) is 5.91 Å². The number of benzene rings is 2. The minimum atomic E-state index is -0.747. The van der Waals surface area contributed by atoms with E-state index < -0.39 is 5.91 Å². The Morgan fingerprint density at radius 1 is 1.25 bits per heavy atom. The smallest absolute Gasteiger partial charge is 0.259 e. The van der Waals surface area contributed by atoms with Crippen molar-refractivity contribution in [2.45, 2.75) is 6.61 Å². The number of ether oxygens (including phenoxy) is 1. The maximum Gasteiger partial charge on any atom is 0.259 e. The number of nitriles is 1. The molecule has 0 saturated heterocycles. The fourth-order valence-corrected chi connectivity index (χ4v) is 2.21. The number of rotatable bonds is 5. The zero-order valence-corrected chi connectivity index (χ0v) is 12.7. The molecule has 0 aliphatic heterocycles. The highest BCUT2D eigenvalue weighted by molar-refractivity contribution is 6.00. The van der Waals surface area contributed by atoms with Crippen LogP contribution < -0.4 is 10.5 Å². The Bertz CT molecular complexity index is 916. The number of hydrogen-bond acceptors (Lipinski definition) is 4. The molecule has 0 fully saturated rings. The topological polar surface area (TPSA) is 105 Å². The normalized spacial score (nSPS) is 11.2. The number of aromatic nitrogens is 2. The van der Waals surface area contributed by atoms with E-state index in [1.807, 2.05) is 24.3 Å². The maximum absolute atomic E-state index is 11.0. The van der Waals surface area contributed by atoms with E-state index in [0.717, 1.165) is 16.9 Å². The molecular weight excluding hydrogens is 304 g/mol. The summed E-state index contributed by atoms with van der Waals surface area (Å²) in [5.41, 5.74) is 7.57. The summed E-state index contributed by atoms with van der Waals surface area (Å²) >= 11 is 0. The summed E-state index contributed by atoms with van der Waals surface area (Å²) in [6, 6.07) is 16.5. The van der Waals surface area contributed by atoms with Crippen LogP contribution in [0.1, 0.15) is 11.4 Å². The summed E-state index contributed by atoms with van der Waals surface area (Å²) in [6.07, 6.45) is 1.44. The van der Waals surface area contributed by atoms with Gasteiger partial charge in [-0.1, -0.05) is 24.3 Å². The largest absolute Gasteiger partial charge is 0.486 e. The zero-order chi connectivity index (χ0) is 16.9. The maximum atomic E-state index is 11.0. The molecule has 0 atom stereocenters. The van der Waals surface area contributed by atoms with Crippen molar-refractivity contribution >= 4 is 23.0 Å². The van der Waals surface area contributed by atoms with Gasteiger partial charge < -0.3 is 15.5 Å². The molecule has 1 heterocycles. The predicted molar refractivity (Wildman–Crippen MR) is 89.7 cm³/mol. The molecule has 0 bridgehead atoms. The van der Waals surface area contributed by atoms with E-state index in [0.29, 0.717) is 17.9 Å². The number of H-pyrrole nitrogens is 1. The molecule has 24 heavy (non-hydrogen) atoms. The number of para-hydroxylation sites is 2. The van der Waals surface area contributed by atoms with Crippen LogP contribution >= 0.6 is 0 Å². The first-order chi connectivity index (χ1) is 11.7. The number of amides is 1. The van der Waals surface area contributed by atoms with Gasteiger partial charge in [-0.05, 0) is 35.9 Å². The molecule has 3 aromatic rings. The molecule has 0 radical (unpaired) electrons. The zero-order valence-electron chi connectivity index (χ0n) is 12.7. The quantitative estimate of drug-likeness (QED) is 0.557. The van der Waals surface area contributed by atoms with Gasteiger partial charge in [0, 0.05) is 0 Å². The highest BCUT2D eigenvalue weighted by Crippen LogP contribution is 2.17. The lowest BCUT2D eigenvalue weighted by Gasteiger charge is -2.04. The summed E-state index contributed by atoms with van der Waals surface area (Å²) in [5.74, 6) is 0.647. The number of nitrogens with one attached hydrogen (secondary N) is 1. The number of nitrogens with two attached hydrogens (primary N) is 1. The van der Waals surface area contributed by atoms with Crippen molar-refractivity contribution in [1.29, 1.82) is 5.26 Å². The van der Waals surface area contributed by atoms with Gasteiger partial charge in [-0.3, -0.25) is 4.79 Å². The number of nitrogens with zero attached hydrogens (tertiary/aromatic N) is 2. The third-order valence-corrected chi connectivity index (χ3v) is 3.39. The third kappa shape index (κ3) is 3.42. The van der Waals surface area contributed by atoms with Gasteiger partial charge in [-0.2, -0.15) is 5.26 Å². The monoisotopic (exact) mass is 318 g/mol. The Morgan fingerprint density at radius 2 is 2.00 bits per heavy atom. The van der Waals surface area contributed by atoms with Gasteiger partial charge in [0.15, 0.2) is 0 Å². The van der Waals surface area contributed by atoms with E-state index in [1.165, 1.54) is 6.08 Å². The number of hydrogen-bond donors (Lipinski definition) is 2. The first kappa shape index (κ1) is 15.3. The molecule has 2 aromatic carbocycles. The molecular formula is C18H14N4O2. The standard InChI is InChI=1S/C18H14N4O2/c19-10-13(18(20)23)9-12-5-7-14(8-6-12)24-11-17-21-15-3-1-2-4-16(15)22-17/h1-9H,11H2,(H2,20,23)(H,21,22)/b13-9+. The fraction of sp³-hybridized carbons (Fsp3) is 0.0556. The SMILES string of the molecule is N#C/C(=C\c1ccc(OCc2nc3ccccc3[nH]2)cc1)C(N)=O. The average Bonchev–Trinajstić information content (AvgIpc) is 3.01. The number of aromatic amines is 1. The first-order valence-electron chi connectivity index (χ1n) is 7.24. The number of imidazole rings is 1. The van der Waals surface area contributed by atoms with Crippen molar-refractivity contribution in [2.24, 2.45) is 5.73 Å². The Kier molecular flexibility index (Phi) is 4.25. The predicted octanol–water partition coefficient (Wildman–Crippen LogP) is 2.53. The lowest BCUT2D eigenvalue weighted by atomic mass is 10.1. The van der Waals surface area contributed by atoms with Crippen molar-refractivity contribution in [3.05, 3.63) is 65.5 Å². The molecule has 6 heteroatoms. The van der Waals surface area contributed by atoms with Gasteiger partial charge in [-0.25, -0.2) is 4.98 Å². The van der Waals surface area contributed by atoms with Crippen LogP contribution in [0.3, 0.4) is 0 Å². The van der Waals surface area contributed by atoms with E-state index in [-0.39, 0.29) is 5.57 Å². The van der Waals surface area contributed by atoms with Crippen molar-refractivity contribution in [3.8, 4) is 11.8 Å². The molecule has 0 spiro atoms. The Balaban J connectivity index is 1.68. The van der Waals surface area contributed by atoms with Crippen LogP contribution in [0, 0.1) is 11.3 Å². The van der Waals surface area contributed by atoms with Gasteiger partial charge in [0.05, 0.1) is 11.0 Å². The van der Waals surface area contributed by atoms with Gasteiger partial charge >= 0.3 is 0 Å². The molecule has 1 amide bonds. The summed E-state index contributed by atoms with van der Waals surface area (Å²) in [4.78, 5) is 18.7. The third-order valence-electron chi connectivity index (χ3n) is 3.39. The van der Waals surface area contributed by atoms with E-state index in [2.05, 4.69) is 9.97 Å². The molecule has 0 aliphatic rings. The van der Waals surface area contributed by atoms with Crippen molar-refractivity contribution in [3.63, 3.8) is 0 Å². The van der Waals surface area contributed by atoms with E-state index in [4.69, 9.17) is 15.7 Å². The van der Waals surface area contributed by atoms with Crippen LogP contribution in [0.25, 0.3) is 17.1 Å². The Morgan fingerprint density at radius 3 is 2.67 bits per heavy atom. The molecule has 0 unspecified atom stereocenters. The van der Waals surface area contributed by atoms with Crippen LogP contribution in [0.2, 0.25) is 0 Å². The molecule has 118 valence electrons. The second kappa shape index (κ2) is 6.67. The summed E-state index contributed by atoms with van der Waals surface area (Å²) in [5, 5.41) is 8.83. The second-order valence-corrected chi connectivity index (χ2v) is 5.09. The van der Waals surface area contributed by atoms with E-state index in [1.54, 1.807) is 30.3 Å². The molecule has 0 aliphatic carbocycles. The number of primary amides is 1. The summed E-state index contributed by atoms with van der Waals surface area (Å²) in [6.45, 7) is 0.314. The summed E-state index contributed by atoms with van der Waals surface area (Å²) < 4.78 is 5.68. The molecule has 0 saturated carbocycles. The highest BCUT2D eigenvalue weighted by atomic mass is 16.5. The van der Waals surface area contributed by atoms with Crippen molar-refractivity contribution < 1.29 is 9.53 Å². The lowest BCUT2D eigenvalue weighted by Crippen LogP contribution is -2.12. The van der Waals surface area contributed by atoms with Crippen LogP contribution in [0.15, 0.2) is 54.1 Å². The van der Waals surface area contributed by atoms with Crippen LogP contribution in [-0.4, -0.2) is 15.9 Å². The highest BCUT2D eigenvalue weighted by Gasteiger charge is 2.05. The molecule has 6 nitrogen and oxygen atoms in total. The average molecular weight is 318 g/mol. The molecule has 3 N–H and O–H groups in total. The van der Waals surface area contributed by atoms with Crippen LogP contribution in [0.4, 0.5) is 0 Å². The summed E-state index contributed by atoms with van der Waals surface area (Å²) in [7, 11) is 0. The van der Waals surface area contributed by atoms with E-state index >= 15 is 0 Å². The lowest BCUT2D eigenvalue weighted by molar-refractivity contribution is -0.114. The van der Waals surface area contributed by atoms with Gasteiger partial charge in [-0.15, -0.1) is 0 Å². The number of carbonyl (C=O) groups is 1. The minimum Gasteiger partial charge on any atom is -0.486 e. The Labute approximate surface area is 138 Å². The van der Waals surface area contributed by atoms with Crippen molar-refractivity contribution in [1.82, 2.24) is 9.97 Å². The fourth-order valence-electron chi connectivity index (χ4n) is 2.21. The minimum absolute atomic E-state index is 0.0917. The van der Waals surface area contributed by atoms with E-state index in [9.17, 15) is 4.79 Å². The number of fused-ring (bicyclic) bond motifs is 1. The molecule has 1 aromatic heterocycles. The van der Waals surface area contributed by atoms with Crippen LogP contribution in [-0.2, 0) is 11.4 Å². The molecule has 3 rings (SSSR count). The number of carbonyl (C=O) groups excluding carboxylic acids is 1. The van der Waals surface area contributed by atoms with Crippen LogP contribution in [0.5, 0.6) is 5.75 Å². The van der Waals surface area contributed by atoms with Gasteiger partial charge in [0.2, 0.25) is 0 Å². The first-order valence-corrected chi connectivity index (χ1v) is 7.24.